The number of hydrogen-bond donors (Lipinski definition) is 1. The molecule has 0 spiro atoms. The Kier molecular flexibility index (Phi) is 9.06. The average Bonchev–Trinajstić information content (AvgIpc) is 2.53. The molecule has 0 saturated carbocycles. The van der Waals surface area contributed by atoms with Gasteiger partial charge in [0.2, 0.25) is 11.8 Å². The van der Waals surface area contributed by atoms with Crippen LogP contribution in [-0.4, -0.2) is 60.9 Å². The summed E-state index contributed by atoms with van der Waals surface area (Å²) >= 11 is 0. The highest BCUT2D eigenvalue weighted by Gasteiger charge is 2.19. The third-order valence-corrected chi connectivity index (χ3v) is 4.07. The second-order valence-electron chi connectivity index (χ2n) is 5.69. The molecular weight excluding hydrogens is 266 g/mol. The van der Waals surface area contributed by atoms with Crippen LogP contribution in [0.15, 0.2) is 0 Å². The molecule has 1 heterocycles. The molecule has 5 nitrogen and oxygen atoms in total. The van der Waals surface area contributed by atoms with E-state index < -0.39 is 0 Å². The van der Waals surface area contributed by atoms with Gasteiger partial charge in [-0.2, -0.15) is 0 Å². The normalized spacial score (nSPS) is 16.0. The van der Waals surface area contributed by atoms with Crippen molar-refractivity contribution in [2.24, 2.45) is 0 Å². The van der Waals surface area contributed by atoms with Gasteiger partial charge in [-0.1, -0.05) is 26.7 Å². The Morgan fingerprint density at radius 1 is 0.952 bits per heavy atom. The topological polar surface area (TPSA) is 52.7 Å². The first-order valence-electron chi connectivity index (χ1n) is 8.44. The Bertz CT molecular complexity index is 319. The number of nitrogens with zero attached hydrogens (tertiary/aromatic N) is 2. The van der Waals surface area contributed by atoms with Crippen LogP contribution in [0.3, 0.4) is 0 Å². The van der Waals surface area contributed by atoms with E-state index in [0.717, 1.165) is 45.7 Å². The molecule has 124 valence electrons. The van der Waals surface area contributed by atoms with Crippen molar-refractivity contribution >= 4 is 11.8 Å². The van der Waals surface area contributed by atoms with E-state index >= 15 is 0 Å². The van der Waals surface area contributed by atoms with Gasteiger partial charge in [-0.25, -0.2) is 0 Å². The van der Waals surface area contributed by atoms with Crippen LogP contribution in [-0.2, 0) is 9.59 Å². The fourth-order valence-electron chi connectivity index (χ4n) is 2.61. The zero-order valence-electron chi connectivity index (χ0n) is 13.7. The molecule has 0 aromatic rings. The van der Waals surface area contributed by atoms with Crippen molar-refractivity contribution in [3.8, 4) is 0 Å². The fourth-order valence-corrected chi connectivity index (χ4v) is 2.61. The number of rotatable bonds is 9. The third-order valence-electron chi connectivity index (χ3n) is 4.07. The van der Waals surface area contributed by atoms with Gasteiger partial charge in [-0.15, -0.1) is 0 Å². The Balaban J connectivity index is 0.00000441. The summed E-state index contributed by atoms with van der Waals surface area (Å²) < 4.78 is 0. The van der Waals surface area contributed by atoms with Gasteiger partial charge in [0.25, 0.3) is 0 Å². The van der Waals surface area contributed by atoms with Crippen LogP contribution in [0.5, 0.6) is 0 Å². The molecule has 0 atom stereocenters. The lowest BCUT2D eigenvalue weighted by Gasteiger charge is -2.34. The highest BCUT2D eigenvalue weighted by atomic mass is 16.2. The van der Waals surface area contributed by atoms with Gasteiger partial charge in [0, 0.05) is 47.0 Å². The minimum Gasteiger partial charge on any atom is -0.356 e. The van der Waals surface area contributed by atoms with E-state index in [1.807, 2.05) is 18.7 Å². The van der Waals surface area contributed by atoms with Crippen molar-refractivity contribution in [3.05, 3.63) is 0 Å². The maximum Gasteiger partial charge on any atom is 0.222 e. The summed E-state index contributed by atoms with van der Waals surface area (Å²) in [6.45, 7) is 9.54. The van der Waals surface area contributed by atoms with Crippen LogP contribution in [0.25, 0.3) is 0 Å². The maximum absolute atomic E-state index is 11.6. The van der Waals surface area contributed by atoms with Gasteiger partial charge < -0.3 is 10.2 Å². The maximum atomic E-state index is 11.6. The summed E-state index contributed by atoms with van der Waals surface area (Å²) in [5.74, 6) is 0.429. The van der Waals surface area contributed by atoms with Crippen molar-refractivity contribution in [1.82, 2.24) is 15.1 Å². The molecule has 21 heavy (non-hydrogen) atoms. The van der Waals surface area contributed by atoms with Crippen molar-refractivity contribution in [2.45, 2.75) is 52.4 Å². The van der Waals surface area contributed by atoms with Gasteiger partial charge in [0.1, 0.15) is 0 Å². The summed E-state index contributed by atoms with van der Waals surface area (Å²) in [7, 11) is 0. The van der Waals surface area contributed by atoms with Gasteiger partial charge in [-0.3, -0.25) is 14.5 Å². The number of hydrogen-bond acceptors (Lipinski definition) is 3. The first-order chi connectivity index (χ1) is 10.2. The fraction of sp³-hybridized carbons (Fsp3) is 0.875. The molecule has 0 aromatic carbocycles. The van der Waals surface area contributed by atoms with Crippen LogP contribution >= 0.6 is 0 Å². The number of piperazine rings is 1. The van der Waals surface area contributed by atoms with Gasteiger partial charge in [0.15, 0.2) is 0 Å². The molecule has 0 unspecified atom stereocenters. The largest absolute Gasteiger partial charge is 0.356 e. The molecule has 0 radical (unpaired) electrons. The van der Waals surface area contributed by atoms with E-state index in [9.17, 15) is 9.59 Å². The Morgan fingerprint density at radius 2 is 1.62 bits per heavy atom. The van der Waals surface area contributed by atoms with Crippen LogP contribution < -0.4 is 5.32 Å². The molecule has 0 bridgehead atoms. The number of unbranched alkanes of at least 4 members (excludes halogenated alkanes) is 3. The van der Waals surface area contributed by atoms with Crippen molar-refractivity contribution < 1.29 is 11.0 Å². The summed E-state index contributed by atoms with van der Waals surface area (Å²) in [6, 6.07) is 0. The summed E-state index contributed by atoms with van der Waals surface area (Å²) in [4.78, 5) is 27.1. The number of nitrogens with one attached hydrogen (secondary N) is 1. The molecule has 1 rings (SSSR count). The molecule has 0 aromatic heterocycles. The third kappa shape index (κ3) is 7.46. The minimum absolute atomic E-state index is 0. The van der Waals surface area contributed by atoms with Crippen molar-refractivity contribution in [1.29, 1.82) is 0 Å². The van der Waals surface area contributed by atoms with E-state index in [1.165, 1.54) is 19.3 Å². The van der Waals surface area contributed by atoms with Crippen molar-refractivity contribution in [2.75, 3.05) is 39.3 Å². The molecule has 1 aliphatic rings. The van der Waals surface area contributed by atoms with Gasteiger partial charge >= 0.3 is 0 Å². The second kappa shape index (κ2) is 10.6. The zero-order valence-corrected chi connectivity index (χ0v) is 13.7. The van der Waals surface area contributed by atoms with Crippen LogP contribution in [0, 0.1) is 0 Å². The Labute approximate surface area is 130 Å². The summed E-state index contributed by atoms with van der Waals surface area (Å²) in [5.41, 5.74) is 0. The standard InChI is InChI=1S/C16H31N3O2.H2/c1-3-15(20)17-9-7-5-6-8-10-18-11-13-19(14-12-18)16(21)4-2;/h3-14H2,1-2H3,(H,17,20);1H. The molecule has 2 amide bonds. The number of carbonyl (C=O) groups is 2. The lowest BCUT2D eigenvalue weighted by atomic mass is 10.1. The lowest BCUT2D eigenvalue weighted by molar-refractivity contribution is -0.132. The van der Waals surface area contributed by atoms with E-state index in [0.29, 0.717) is 12.8 Å². The monoisotopic (exact) mass is 299 g/mol. The highest BCUT2D eigenvalue weighted by molar-refractivity contribution is 5.76. The van der Waals surface area contributed by atoms with Gasteiger partial charge in [-0.05, 0) is 19.4 Å². The molecular formula is C16H33N3O2. The first-order valence-corrected chi connectivity index (χ1v) is 8.44. The molecule has 0 aliphatic carbocycles. The van der Waals surface area contributed by atoms with Crippen LogP contribution in [0.1, 0.15) is 53.8 Å². The predicted molar refractivity (Wildman–Crippen MR) is 87.2 cm³/mol. The Hall–Kier alpha value is -1.10. The molecule has 5 heteroatoms. The van der Waals surface area contributed by atoms with Crippen LogP contribution in [0.4, 0.5) is 0 Å². The second-order valence-corrected chi connectivity index (χ2v) is 5.69. The molecule has 1 aliphatic heterocycles. The zero-order chi connectivity index (χ0) is 15.5. The van der Waals surface area contributed by atoms with Crippen LogP contribution in [0.2, 0.25) is 0 Å². The van der Waals surface area contributed by atoms with E-state index in [-0.39, 0.29) is 13.2 Å². The van der Waals surface area contributed by atoms with Gasteiger partial charge in [0.05, 0.1) is 0 Å². The SMILES string of the molecule is CCC(=O)NCCCCCCN1CCN(C(=O)CC)CC1.[HH]. The van der Waals surface area contributed by atoms with E-state index in [2.05, 4.69) is 10.2 Å². The first kappa shape index (κ1) is 18.0. The average molecular weight is 299 g/mol. The number of amides is 2. The minimum atomic E-state index is 0. The number of carbonyl (C=O) groups excluding carboxylic acids is 2. The van der Waals surface area contributed by atoms with Crippen molar-refractivity contribution in [3.63, 3.8) is 0 Å². The lowest BCUT2D eigenvalue weighted by Crippen LogP contribution is -2.48. The van der Waals surface area contributed by atoms with E-state index in [1.54, 1.807) is 0 Å². The smallest absolute Gasteiger partial charge is 0.222 e. The quantitative estimate of drug-likeness (QED) is 0.661. The molecule has 1 N–H and O–H groups in total. The predicted octanol–water partition coefficient (Wildman–Crippen LogP) is 1.87. The molecule has 1 saturated heterocycles. The Morgan fingerprint density at radius 3 is 2.24 bits per heavy atom. The summed E-state index contributed by atoms with van der Waals surface area (Å²) in [5, 5.41) is 2.91. The molecule has 1 fully saturated rings. The van der Waals surface area contributed by atoms with E-state index in [4.69, 9.17) is 0 Å². The summed E-state index contributed by atoms with van der Waals surface area (Å²) in [6.07, 6.45) is 5.88. The highest BCUT2D eigenvalue weighted by Crippen LogP contribution is 2.06.